The Morgan fingerprint density at radius 3 is 2.93 bits per heavy atom. The molecular formula is C10H11N3O. The van der Waals surface area contributed by atoms with E-state index in [1.807, 2.05) is 6.07 Å². The normalized spacial score (nSPS) is 11.1. The molecule has 4 nitrogen and oxygen atoms in total. The van der Waals surface area contributed by atoms with Crippen LogP contribution in [0.4, 0.5) is 0 Å². The molecule has 2 aromatic rings. The molecule has 72 valence electrons. The molecule has 0 aromatic carbocycles. The zero-order valence-electron chi connectivity index (χ0n) is 8.14. The number of aldehydes is 1. The summed E-state index contributed by atoms with van der Waals surface area (Å²) in [4.78, 5) is 10.7. The molecule has 0 atom stereocenters. The fraction of sp³-hybridized carbons (Fsp3) is 0.300. The van der Waals surface area contributed by atoms with Gasteiger partial charge in [-0.25, -0.2) is 0 Å². The van der Waals surface area contributed by atoms with E-state index in [1.54, 1.807) is 16.9 Å². The van der Waals surface area contributed by atoms with Crippen LogP contribution >= 0.6 is 0 Å². The molecule has 0 amide bonds. The average molecular weight is 189 g/mol. The second-order valence-corrected chi connectivity index (χ2v) is 3.56. The summed E-state index contributed by atoms with van der Waals surface area (Å²) in [5.41, 5.74) is 2.53. The summed E-state index contributed by atoms with van der Waals surface area (Å²) in [6.07, 6.45) is 4.17. The number of fused-ring (bicyclic) bond motifs is 1. The molecule has 0 bridgehead atoms. The molecule has 0 unspecified atom stereocenters. The van der Waals surface area contributed by atoms with E-state index >= 15 is 0 Å². The first-order valence-corrected chi connectivity index (χ1v) is 4.51. The first-order chi connectivity index (χ1) is 6.72. The lowest BCUT2D eigenvalue weighted by Gasteiger charge is -2.06. The number of aromatic nitrogens is 3. The third kappa shape index (κ3) is 1.28. The van der Waals surface area contributed by atoms with E-state index in [1.165, 1.54) is 0 Å². The molecular weight excluding hydrogens is 178 g/mol. The van der Waals surface area contributed by atoms with Gasteiger partial charge in [0.15, 0.2) is 11.9 Å². The summed E-state index contributed by atoms with van der Waals surface area (Å²) in [6, 6.07) is 1.86. The van der Waals surface area contributed by atoms with Crippen molar-refractivity contribution in [3.63, 3.8) is 0 Å². The number of hydrogen-bond donors (Lipinski definition) is 0. The van der Waals surface area contributed by atoms with Crippen molar-refractivity contribution >= 4 is 11.9 Å². The minimum absolute atomic E-state index is 0.335. The van der Waals surface area contributed by atoms with Crippen molar-refractivity contribution in [3.05, 3.63) is 29.7 Å². The number of pyridine rings is 1. The number of nitrogens with zero attached hydrogens (tertiary/aromatic N) is 3. The zero-order valence-corrected chi connectivity index (χ0v) is 8.14. The Kier molecular flexibility index (Phi) is 2.04. The van der Waals surface area contributed by atoms with Crippen LogP contribution in [0.25, 0.3) is 5.65 Å². The Morgan fingerprint density at radius 2 is 2.29 bits per heavy atom. The van der Waals surface area contributed by atoms with E-state index in [4.69, 9.17) is 0 Å². The van der Waals surface area contributed by atoms with Crippen LogP contribution in [0.15, 0.2) is 18.6 Å². The number of carbonyl (C=O) groups is 1. The summed E-state index contributed by atoms with van der Waals surface area (Å²) in [6.45, 7) is 4.14. The quantitative estimate of drug-likeness (QED) is 0.675. The number of hydrogen-bond acceptors (Lipinski definition) is 3. The SMILES string of the molecule is CC(C)c1cc(C=O)cn2cnnc12. The Labute approximate surface area is 81.6 Å². The van der Waals surface area contributed by atoms with E-state index in [0.717, 1.165) is 17.5 Å². The highest BCUT2D eigenvalue weighted by atomic mass is 16.1. The highest BCUT2D eigenvalue weighted by Gasteiger charge is 2.08. The van der Waals surface area contributed by atoms with E-state index in [9.17, 15) is 4.79 Å². The predicted molar refractivity (Wildman–Crippen MR) is 52.5 cm³/mol. The fourth-order valence-electron chi connectivity index (χ4n) is 1.48. The molecule has 0 aliphatic rings. The monoisotopic (exact) mass is 189 g/mol. The minimum Gasteiger partial charge on any atom is -0.298 e. The van der Waals surface area contributed by atoms with Gasteiger partial charge in [0.25, 0.3) is 0 Å². The maximum absolute atomic E-state index is 10.7. The lowest BCUT2D eigenvalue weighted by Crippen LogP contribution is -1.97. The molecule has 0 saturated carbocycles. The van der Waals surface area contributed by atoms with Crippen LogP contribution < -0.4 is 0 Å². The van der Waals surface area contributed by atoms with Gasteiger partial charge in [0.2, 0.25) is 0 Å². The predicted octanol–water partition coefficient (Wildman–Crippen LogP) is 1.67. The Bertz CT molecular complexity index is 473. The molecule has 0 spiro atoms. The van der Waals surface area contributed by atoms with Crippen molar-refractivity contribution in [2.75, 3.05) is 0 Å². The Morgan fingerprint density at radius 1 is 1.50 bits per heavy atom. The summed E-state index contributed by atoms with van der Waals surface area (Å²) >= 11 is 0. The fourth-order valence-corrected chi connectivity index (χ4v) is 1.48. The number of rotatable bonds is 2. The maximum atomic E-state index is 10.7. The van der Waals surface area contributed by atoms with Gasteiger partial charge in [-0.15, -0.1) is 10.2 Å². The van der Waals surface area contributed by atoms with Gasteiger partial charge in [0, 0.05) is 17.3 Å². The van der Waals surface area contributed by atoms with Crippen molar-refractivity contribution in [3.8, 4) is 0 Å². The zero-order chi connectivity index (χ0) is 10.1. The van der Waals surface area contributed by atoms with E-state index in [0.29, 0.717) is 11.5 Å². The molecule has 2 heterocycles. The third-order valence-corrected chi connectivity index (χ3v) is 2.20. The molecule has 2 rings (SSSR count). The van der Waals surface area contributed by atoms with Crippen LogP contribution in [0.1, 0.15) is 35.7 Å². The summed E-state index contributed by atoms with van der Waals surface area (Å²) < 4.78 is 1.78. The van der Waals surface area contributed by atoms with Crippen LogP contribution in [0.5, 0.6) is 0 Å². The van der Waals surface area contributed by atoms with Crippen molar-refractivity contribution in [1.82, 2.24) is 14.6 Å². The van der Waals surface area contributed by atoms with Crippen LogP contribution in [0.2, 0.25) is 0 Å². The maximum Gasteiger partial charge on any atom is 0.164 e. The van der Waals surface area contributed by atoms with Crippen molar-refractivity contribution in [1.29, 1.82) is 0 Å². The summed E-state index contributed by atoms with van der Waals surface area (Å²) in [7, 11) is 0. The molecule has 0 N–H and O–H groups in total. The third-order valence-electron chi connectivity index (χ3n) is 2.20. The van der Waals surface area contributed by atoms with Crippen LogP contribution in [0, 0.1) is 0 Å². The van der Waals surface area contributed by atoms with Crippen LogP contribution in [-0.2, 0) is 0 Å². The molecule has 0 aliphatic carbocycles. The highest BCUT2D eigenvalue weighted by Crippen LogP contribution is 2.19. The topological polar surface area (TPSA) is 47.3 Å². The van der Waals surface area contributed by atoms with Gasteiger partial charge < -0.3 is 0 Å². The van der Waals surface area contributed by atoms with Gasteiger partial charge in [-0.05, 0) is 12.0 Å². The van der Waals surface area contributed by atoms with Gasteiger partial charge in [0.05, 0.1) is 0 Å². The van der Waals surface area contributed by atoms with E-state index < -0.39 is 0 Å². The standard InChI is InChI=1S/C10H11N3O/c1-7(2)9-3-8(5-14)4-13-6-11-12-10(9)13/h3-7H,1-2H3. The molecule has 2 aromatic heterocycles. The van der Waals surface area contributed by atoms with E-state index in [-0.39, 0.29) is 0 Å². The smallest absolute Gasteiger partial charge is 0.164 e. The number of carbonyl (C=O) groups excluding carboxylic acids is 1. The summed E-state index contributed by atoms with van der Waals surface area (Å²) in [5.74, 6) is 0.335. The van der Waals surface area contributed by atoms with Gasteiger partial charge >= 0.3 is 0 Å². The lowest BCUT2D eigenvalue weighted by molar-refractivity contribution is 0.112. The largest absolute Gasteiger partial charge is 0.298 e. The lowest BCUT2D eigenvalue weighted by atomic mass is 10.0. The van der Waals surface area contributed by atoms with Crippen molar-refractivity contribution in [2.24, 2.45) is 0 Å². The van der Waals surface area contributed by atoms with Crippen molar-refractivity contribution < 1.29 is 4.79 Å². The minimum atomic E-state index is 0.335. The Hall–Kier alpha value is -1.71. The van der Waals surface area contributed by atoms with Crippen molar-refractivity contribution in [2.45, 2.75) is 19.8 Å². The highest BCUT2D eigenvalue weighted by molar-refractivity contribution is 5.76. The molecule has 0 fully saturated rings. The molecule has 0 saturated heterocycles. The van der Waals surface area contributed by atoms with Gasteiger partial charge in [-0.2, -0.15) is 0 Å². The first kappa shape index (κ1) is 8.87. The average Bonchev–Trinajstić information content (AvgIpc) is 2.63. The second kappa shape index (κ2) is 3.21. The Balaban J connectivity index is 2.76. The van der Waals surface area contributed by atoms with Crippen LogP contribution in [-0.4, -0.2) is 20.9 Å². The molecule has 0 aliphatic heterocycles. The summed E-state index contributed by atoms with van der Waals surface area (Å²) in [5, 5.41) is 7.83. The van der Waals surface area contributed by atoms with Gasteiger partial charge in [0.1, 0.15) is 6.33 Å². The molecule has 4 heteroatoms. The van der Waals surface area contributed by atoms with Gasteiger partial charge in [-0.3, -0.25) is 9.20 Å². The van der Waals surface area contributed by atoms with E-state index in [2.05, 4.69) is 24.0 Å². The van der Waals surface area contributed by atoms with Gasteiger partial charge in [-0.1, -0.05) is 13.8 Å². The van der Waals surface area contributed by atoms with Crippen LogP contribution in [0.3, 0.4) is 0 Å². The molecule has 14 heavy (non-hydrogen) atoms. The molecule has 0 radical (unpaired) electrons. The first-order valence-electron chi connectivity index (χ1n) is 4.51. The second-order valence-electron chi connectivity index (χ2n) is 3.56.